The van der Waals surface area contributed by atoms with Crippen LogP contribution in [0.3, 0.4) is 0 Å². The highest BCUT2D eigenvalue weighted by Crippen LogP contribution is 2.36. The van der Waals surface area contributed by atoms with Crippen molar-refractivity contribution in [1.82, 2.24) is 20.4 Å². The second kappa shape index (κ2) is 5.37. The van der Waals surface area contributed by atoms with Crippen LogP contribution in [0.2, 0.25) is 0 Å². The molecule has 0 radical (unpaired) electrons. The Labute approximate surface area is 145 Å². The number of nitrogens with one attached hydrogen (secondary N) is 2. The van der Waals surface area contributed by atoms with Gasteiger partial charge in [-0.05, 0) is 23.6 Å². The molecule has 3 fully saturated rings. The molecule has 0 spiro atoms. The van der Waals surface area contributed by atoms with Crippen LogP contribution in [0.5, 0.6) is 0 Å². The number of piperazine rings is 1. The van der Waals surface area contributed by atoms with Crippen LogP contribution in [0, 0.1) is 0 Å². The van der Waals surface area contributed by atoms with E-state index in [4.69, 9.17) is 0 Å². The fraction of sp³-hybridized carbons (Fsp3) is 0.500. The molecule has 3 saturated heterocycles. The number of amides is 3. The highest BCUT2D eigenvalue weighted by atomic mass is 16.2. The zero-order valence-electron chi connectivity index (χ0n) is 13.8. The smallest absolute Gasteiger partial charge is 0.255 e. The summed E-state index contributed by atoms with van der Waals surface area (Å²) in [4.78, 5) is 40.4. The number of carbonyl (C=O) groups excluding carboxylic acids is 3. The summed E-state index contributed by atoms with van der Waals surface area (Å²) >= 11 is 0. The number of imide groups is 1. The molecule has 0 aromatic heterocycles. The number of hydrogen-bond acceptors (Lipinski definition) is 5. The summed E-state index contributed by atoms with van der Waals surface area (Å²) in [5.74, 6) is -0.711. The SMILES string of the molecule is O=C1CCC(N2Cc3c(CN4C5CNCC54)cccc3C2=O)C(=O)N1. The Kier molecular flexibility index (Phi) is 3.23. The van der Waals surface area contributed by atoms with Gasteiger partial charge in [-0.2, -0.15) is 0 Å². The van der Waals surface area contributed by atoms with Gasteiger partial charge in [-0.25, -0.2) is 0 Å². The number of nitrogens with zero attached hydrogens (tertiary/aromatic N) is 2. The summed E-state index contributed by atoms with van der Waals surface area (Å²) in [5.41, 5.74) is 2.91. The van der Waals surface area contributed by atoms with Gasteiger partial charge < -0.3 is 10.2 Å². The third-order valence-electron chi connectivity index (χ3n) is 5.95. The minimum absolute atomic E-state index is 0.0981. The molecule has 0 bridgehead atoms. The highest BCUT2D eigenvalue weighted by Gasteiger charge is 2.50. The second-order valence-electron chi connectivity index (χ2n) is 7.31. The van der Waals surface area contributed by atoms with Crippen LogP contribution in [0.15, 0.2) is 18.2 Å². The topological polar surface area (TPSA) is 81.5 Å². The van der Waals surface area contributed by atoms with Gasteiger partial charge >= 0.3 is 0 Å². The molecule has 3 unspecified atom stereocenters. The Morgan fingerprint density at radius 1 is 1.12 bits per heavy atom. The van der Waals surface area contributed by atoms with Crippen molar-refractivity contribution in [2.75, 3.05) is 13.1 Å². The van der Waals surface area contributed by atoms with Crippen molar-refractivity contribution in [3.05, 3.63) is 34.9 Å². The van der Waals surface area contributed by atoms with Gasteiger partial charge in [0, 0.05) is 50.2 Å². The second-order valence-corrected chi connectivity index (χ2v) is 7.31. The Morgan fingerprint density at radius 3 is 2.68 bits per heavy atom. The predicted octanol–water partition coefficient (Wildman–Crippen LogP) is -0.396. The number of benzene rings is 1. The van der Waals surface area contributed by atoms with Crippen molar-refractivity contribution in [3.8, 4) is 0 Å². The molecule has 2 N–H and O–H groups in total. The van der Waals surface area contributed by atoms with E-state index in [2.05, 4.69) is 21.6 Å². The molecule has 7 nitrogen and oxygen atoms in total. The zero-order chi connectivity index (χ0) is 17.1. The summed E-state index contributed by atoms with van der Waals surface area (Å²) in [6, 6.07) is 6.56. The number of fused-ring (bicyclic) bond motifs is 2. The molecule has 3 amide bonds. The Morgan fingerprint density at radius 2 is 1.92 bits per heavy atom. The Bertz CT molecular complexity index is 783. The largest absolute Gasteiger partial charge is 0.322 e. The zero-order valence-corrected chi connectivity index (χ0v) is 13.8. The first-order valence-electron chi connectivity index (χ1n) is 8.85. The molecule has 3 atom stereocenters. The molecule has 5 rings (SSSR count). The first kappa shape index (κ1) is 15.0. The lowest BCUT2D eigenvalue weighted by molar-refractivity contribution is -0.136. The minimum Gasteiger partial charge on any atom is -0.322 e. The highest BCUT2D eigenvalue weighted by molar-refractivity contribution is 6.05. The standard InChI is InChI=1S/C18H20N4O3/c23-16-5-4-13(17(24)20-16)22-9-12-10(2-1-3-11(12)18(22)25)8-21-14-6-19-7-15(14)21/h1-3,13-15,19H,4-9H2,(H,20,23,24). The lowest BCUT2D eigenvalue weighted by atomic mass is 10.0. The summed E-state index contributed by atoms with van der Waals surface area (Å²) < 4.78 is 0. The molecule has 4 heterocycles. The molecule has 25 heavy (non-hydrogen) atoms. The van der Waals surface area contributed by atoms with Crippen LogP contribution in [-0.2, 0) is 22.7 Å². The Balaban J connectivity index is 1.38. The fourth-order valence-corrected chi connectivity index (χ4v) is 4.51. The Hall–Kier alpha value is -2.25. The molecule has 7 heteroatoms. The number of hydrogen-bond donors (Lipinski definition) is 2. The third kappa shape index (κ3) is 2.30. The van der Waals surface area contributed by atoms with Crippen LogP contribution in [-0.4, -0.2) is 58.7 Å². The van der Waals surface area contributed by atoms with Crippen LogP contribution < -0.4 is 10.6 Å². The number of piperidine rings is 1. The summed E-state index contributed by atoms with van der Waals surface area (Å²) in [5, 5.41) is 5.73. The van der Waals surface area contributed by atoms with Gasteiger partial charge in [-0.15, -0.1) is 0 Å². The van der Waals surface area contributed by atoms with E-state index in [9.17, 15) is 14.4 Å². The minimum atomic E-state index is -0.546. The molecule has 4 aliphatic rings. The molecule has 0 aliphatic carbocycles. The molecule has 0 saturated carbocycles. The van der Waals surface area contributed by atoms with Gasteiger partial charge in [0.25, 0.3) is 5.91 Å². The van der Waals surface area contributed by atoms with Gasteiger partial charge in [-0.3, -0.25) is 24.6 Å². The molecule has 4 aliphatic heterocycles. The average molecular weight is 340 g/mol. The van der Waals surface area contributed by atoms with Gasteiger partial charge in [0.1, 0.15) is 6.04 Å². The average Bonchev–Trinajstić information content (AvgIpc) is 2.95. The van der Waals surface area contributed by atoms with Crippen LogP contribution in [0.25, 0.3) is 0 Å². The number of rotatable bonds is 3. The van der Waals surface area contributed by atoms with E-state index in [0.717, 1.165) is 25.2 Å². The van der Waals surface area contributed by atoms with Gasteiger partial charge in [-0.1, -0.05) is 12.1 Å². The van der Waals surface area contributed by atoms with Crippen molar-refractivity contribution in [3.63, 3.8) is 0 Å². The summed E-state index contributed by atoms with van der Waals surface area (Å²) in [7, 11) is 0. The normalized spacial score (nSPS) is 33.3. The van der Waals surface area contributed by atoms with Crippen LogP contribution in [0.4, 0.5) is 0 Å². The van der Waals surface area contributed by atoms with E-state index in [1.54, 1.807) is 4.90 Å². The third-order valence-corrected chi connectivity index (χ3v) is 5.95. The monoisotopic (exact) mass is 340 g/mol. The van der Waals surface area contributed by atoms with E-state index in [-0.39, 0.29) is 24.1 Å². The number of carbonyl (C=O) groups is 3. The van der Waals surface area contributed by atoms with Crippen molar-refractivity contribution >= 4 is 17.7 Å². The lowest BCUT2D eigenvalue weighted by Gasteiger charge is -2.29. The molecule has 1 aromatic rings. The predicted molar refractivity (Wildman–Crippen MR) is 88.5 cm³/mol. The maximum atomic E-state index is 12.8. The molecular formula is C18H20N4O3. The quantitative estimate of drug-likeness (QED) is 0.578. The molecular weight excluding hydrogens is 320 g/mol. The van der Waals surface area contributed by atoms with E-state index < -0.39 is 6.04 Å². The van der Waals surface area contributed by atoms with Crippen molar-refractivity contribution in [1.29, 1.82) is 0 Å². The van der Waals surface area contributed by atoms with Crippen LogP contribution in [0.1, 0.15) is 34.3 Å². The fourth-order valence-electron chi connectivity index (χ4n) is 4.51. The van der Waals surface area contributed by atoms with E-state index >= 15 is 0 Å². The van der Waals surface area contributed by atoms with Crippen LogP contribution >= 0.6 is 0 Å². The van der Waals surface area contributed by atoms with Crippen molar-refractivity contribution in [2.45, 2.75) is 44.1 Å². The summed E-state index contributed by atoms with van der Waals surface area (Å²) in [6.07, 6.45) is 0.690. The van der Waals surface area contributed by atoms with E-state index in [1.807, 2.05) is 12.1 Å². The summed E-state index contributed by atoms with van der Waals surface area (Å²) in [6.45, 7) is 3.40. The van der Waals surface area contributed by atoms with Gasteiger partial charge in [0.2, 0.25) is 11.8 Å². The molecule has 1 aromatic carbocycles. The maximum absolute atomic E-state index is 12.8. The van der Waals surface area contributed by atoms with Gasteiger partial charge in [0.05, 0.1) is 0 Å². The first-order chi connectivity index (χ1) is 12.1. The van der Waals surface area contributed by atoms with Crippen molar-refractivity contribution in [2.24, 2.45) is 0 Å². The van der Waals surface area contributed by atoms with Crippen molar-refractivity contribution < 1.29 is 14.4 Å². The molecule has 130 valence electrons. The first-order valence-corrected chi connectivity index (χ1v) is 8.85. The van der Waals surface area contributed by atoms with E-state index in [1.165, 1.54) is 5.56 Å². The maximum Gasteiger partial charge on any atom is 0.255 e. The lowest BCUT2D eigenvalue weighted by Crippen LogP contribution is -2.52. The van der Waals surface area contributed by atoms with E-state index in [0.29, 0.717) is 30.6 Å². The van der Waals surface area contributed by atoms with Gasteiger partial charge in [0.15, 0.2) is 0 Å².